The summed E-state index contributed by atoms with van der Waals surface area (Å²) in [6.07, 6.45) is -1.17. The number of carbonyl (C=O) groups excluding carboxylic acids is 2. The van der Waals surface area contributed by atoms with Gasteiger partial charge < -0.3 is 15.1 Å². The number of aliphatic hydroxyl groups is 2. The van der Waals surface area contributed by atoms with E-state index in [9.17, 15) is 14.7 Å². The molecule has 2 aromatic rings. The Labute approximate surface area is 156 Å². The Hall–Kier alpha value is -3.10. The Morgan fingerprint density at radius 3 is 2.19 bits per heavy atom. The van der Waals surface area contributed by atoms with Crippen LogP contribution in [0.3, 0.4) is 0 Å². The van der Waals surface area contributed by atoms with Crippen LogP contribution in [0.25, 0.3) is 0 Å². The standard InChI is InChI=1S/C19H20N4O4/c1-22(2)14-6-3-12(4-7-14)20-21-13-5-8-16-17(9-13)19(27)23(18(16)26)10-15(25)11-24/h3-9,15,24-25H,10-11H2,1-2H3. The van der Waals surface area contributed by atoms with Crippen molar-refractivity contribution in [3.8, 4) is 0 Å². The topological polar surface area (TPSA) is 106 Å². The van der Waals surface area contributed by atoms with E-state index in [2.05, 4.69) is 10.2 Å². The predicted molar refractivity (Wildman–Crippen MR) is 99.8 cm³/mol. The number of β-amino-alcohol motifs (C(OH)–C–C–N with tert-alkyl or cyclic N) is 1. The third-order valence-corrected chi connectivity index (χ3v) is 4.21. The van der Waals surface area contributed by atoms with Gasteiger partial charge in [0, 0.05) is 19.8 Å². The minimum absolute atomic E-state index is 0.213. The van der Waals surface area contributed by atoms with E-state index in [0.29, 0.717) is 11.4 Å². The van der Waals surface area contributed by atoms with E-state index in [-0.39, 0.29) is 17.7 Å². The zero-order chi connectivity index (χ0) is 19.6. The normalized spacial score (nSPS) is 14.7. The Morgan fingerprint density at radius 2 is 1.56 bits per heavy atom. The van der Waals surface area contributed by atoms with E-state index >= 15 is 0 Å². The number of hydrogen-bond donors (Lipinski definition) is 2. The van der Waals surface area contributed by atoms with Gasteiger partial charge in [0.1, 0.15) is 0 Å². The monoisotopic (exact) mass is 368 g/mol. The molecule has 2 amide bonds. The van der Waals surface area contributed by atoms with E-state index in [4.69, 9.17) is 5.11 Å². The minimum atomic E-state index is -1.17. The molecule has 1 heterocycles. The van der Waals surface area contributed by atoms with Gasteiger partial charge in [0.05, 0.1) is 41.8 Å². The van der Waals surface area contributed by atoms with Crippen molar-refractivity contribution < 1.29 is 19.8 Å². The minimum Gasteiger partial charge on any atom is -0.394 e. The van der Waals surface area contributed by atoms with Gasteiger partial charge in [-0.1, -0.05) is 0 Å². The summed E-state index contributed by atoms with van der Waals surface area (Å²) in [5, 5.41) is 26.7. The second kappa shape index (κ2) is 7.65. The highest BCUT2D eigenvalue weighted by atomic mass is 16.3. The van der Waals surface area contributed by atoms with Gasteiger partial charge >= 0.3 is 0 Å². The van der Waals surface area contributed by atoms with Crippen LogP contribution in [0.5, 0.6) is 0 Å². The number of carbonyl (C=O) groups is 2. The number of imide groups is 1. The molecule has 0 aliphatic carbocycles. The Bertz CT molecular complexity index is 893. The molecule has 1 atom stereocenters. The first kappa shape index (κ1) is 18.7. The van der Waals surface area contributed by atoms with Crippen molar-refractivity contribution in [2.45, 2.75) is 6.10 Å². The quantitative estimate of drug-likeness (QED) is 0.600. The van der Waals surface area contributed by atoms with Crippen molar-refractivity contribution in [3.63, 3.8) is 0 Å². The fourth-order valence-electron chi connectivity index (χ4n) is 2.71. The lowest BCUT2D eigenvalue weighted by Crippen LogP contribution is -2.38. The zero-order valence-electron chi connectivity index (χ0n) is 15.0. The molecule has 1 aliphatic rings. The van der Waals surface area contributed by atoms with Gasteiger partial charge in [0.25, 0.3) is 11.8 Å². The molecule has 2 N–H and O–H groups in total. The molecule has 8 nitrogen and oxygen atoms in total. The maximum Gasteiger partial charge on any atom is 0.261 e. The SMILES string of the molecule is CN(C)c1ccc(N=Nc2ccc3c(c2)C(=O)N(CC(O)CO)C3=O)cc1. The van der Waals surface area contributed by atoms with E-state index in [1.54, 1.807) is 6.07 Å². The molecule has 0 bridgehead atoms. The van der Waals surface area contributed by atoms with Crippen LogP contribution < -0.4 is 4.90 Å². The number of benzene rings is 2. The molecule has 3 rings (SSSR count). The van der Waals surface area contributed by atoms with Gasteiger partial charge in [-0.15, -0.1) is 0 Å². The van der Waals surface area contributed by atoms with Crippen LogP contribution in [-0.2, 0) is 0 Å². The molecule has 140 valence electrons. The van der Waals surface area contributed by atoms with Crippen molar-refractivity contribution in [1.29, 1.82) is 0 Å². The predicted octanol–water partition coefficient (Wildman–Crippen LogP) is 2.12. The number of nitrogens with zero attached hydrogens (tertiary/aromatic N) is 4. The number of aliphatic hydroxyl groups excluding tert-OH is 2. The molecular formula is C19H20N4O4. The van der Waals surface area contributed by atoms with E-state index < -0.39 is 24.5 Å². The summed E-state index contributed by atoms with van der Waals surface area (Å²) >= 11 is 0. The fourth-order valence-corrected chi connectivity index (χ4v) is 2.71. The van der Waals surface area contributed by atoms with E-state index in [1.165, 1.54) is 12.1 Å². The maximum atomic E-state index is 12.4. The van der Waals surface area contributed by atoms with Crippen molar-refractivity contribution in [2.75, 3.05) is 32.1 Å². The lowest BCUT2D eigenvalue weighted by atomic mass is 10.1. The van der Waals surface area contributed by atoms with Crippen LogP contribution in [0, 0.1) is 0 Å². The van der Waals surface area contributed by atoms with Crippen molar-refractivity contribution in [2.24, 2.45) is 10.2 Å². The fraction of sp³-hybridized carbons (Fsp3) is 0.263. The highest BCUT2D eigenvalue weighted by Gasteiger charge is 2.36. The van der Waals surface area contributed by atoms with Crippen LogP contribution in [0.2, 0.25) is 0 Å². The summed E-state index contributed by atoms with van der Waals surface area (Å²) in [6, 6.07) is 12.1. The lowest BCUT2D eigenvalue weighted by molar-refractivity contribution is 0.0426. The molecule has 8 heteroatoms. The summed E-state index contributed by atoms with van der Waals surface area (Å²) in [5.74, 6) is -1.01. The summed E-state index contributed by atoms with van der Waals surface area (Å²) in [5.41, 5.74) is 2.61. The average Bonchev–Trinajstić information content (AvgIpc) is 2.91. The second-order valence-electron chi connectivity index (χ2n) is 6.40. The molecule has 1 aliphatic heterocycles. The number of anilines is 1. The van der Waals surface area contributed by atoms with Gasteiger partial charge in [-0.2, -0.15) is 10.2 Å². The highest BCUT2D eigenvalue weighted by Crippen LogP contribution is 2.28. The molecule has 0 spiro atoms. The Morgan fingerprint density at radius 1 is 0.963 bits per heavy atom. The summed E-state index contributed by atoms with van der Waals surface area (Å²) in [4.78, 5) is 27.6. The molecule has 0 aromatic heterocycles. The Kier molecular flexibility index (Phi) is 5.29. The largest absolute Gasteiger partial charge is 0.394 e. The first-order valence-corrected chi connectivity index (χ1v) is 8.39. The molecule has 1 unspecified atom stereocenters. The molecule has 0 fully saturated rings. The van der Waals surface area contributed by atoms with Crippen molar-refractivity contribution >= 4 is 28.9 Å². The first-order valence-electron chi connectivity index (χ1n) is 8.39. The Balaban J connectivity index is 1.79. The van der Waals surface area contributed by atoms with Gasteiger partial charge in [0.15, 0.2) is 0 Å². The number of hydrogen-bond acceptors (Lipinski definition) is 7. The lowest BCUT2D eigenvalue weighted by Gasteiger charge is -2.16. The van der Waals surface area contributed by atoms with E-state index in [0.717, 1.165) is 10.6 Å². The van der Waals surface area contributed by atoms with Crippen molar-refractivity contribution in [3.05, 3.63) is 53.6 Å². The van der Waals surface area contributed by atoms with Crippen LogP contribution in [-0.4, -0.2) is 60.3 Å². The zero-order valence-corrected chi connectivity index (χ0v) is 15.0. The second-order valence-corrected chi connectivity index (χ2v) is 6.40. The van der Waals surface area contributed by atoms with Crippen LogP contribution in [0.1, 0.15) is 20.7 Å². The van der Waals surface area contributed by atoms with Crippen LogP contribution >= 0.6 is 0 Å². The summed E-state index contributed by atoms with van der Waals surface area (Å²) in [7, 11) is 3.89. The molecule has 0 radical (unpaired) electrons. The third kappa shape index (κ3) is 3.86. The molecule has 2 aromatic carbocycles. The number of fused-ring (bicyclic) bond motifs is 1. The summed E-state index contributed by atoms with van der Waals surface area (Å²) < 4.78 is 0. The molecular weight excluding hydrogens is 348 g/mol. The van der Waals surface area contributed by atoms with Gasteiger partial charge in [0.2, 0.25) is 0 Å². The number of azo groups is 1. The highest BCUT2D eigenvalue weighted by molar-refractivity contribution is 6.21. The van der Waals surface area contributed by atoms with Gasteiger partial charge in [-0.05, 0) is 42.5 Å². The smallest absolute Gasteiger partial charge is 0.261 e. The molecule has 0 saturated heterocycles. The van der Waals surface area contributed by atoms with Crippen LogP contribution in [0.4, 0.5) is 17.1 Å². The number of rotatable bonds is 6. The van der Waals surface area contributed by atoms with E-state index in [1.807, 2.05) is 43.3 Å². The summed E-state index contributed by atoms with van der Waals surface area (Å²) in [6.45, 7) is -0.780. The molecule has 0 saturated carbocycles. The van der Waals surface area contributed by atoms with Gasteiger partial charge in [-0.25, -0.2) is 0 Å². The third-order valence-electron chi connectivity index (χ3n) is 4.21. The van der Waals surface area contributed by atoms with Crippen molar-refractivity contribution in [1.82, 2.24) is 4.90 Å². The maximum absolute atomic E-state index is 12.4. The van der Waals surface area contributed by atoms with Gasteiger partial charge in [-0.3, -0.25) is 14.5 Å². The first-order chi connectivity index (χ1) is 12.9. The average molecular weight is 368 g/mol. The molecule has 27 heavy (non-hydrogen) atoms. The van der Waals surface area contributed by atoms with Crippen LogP contribution in [0.15, 0.2) is 52.7 Å². The number of amides is 2.